The molecule has 0 atom stereocenters. The Balaban J connectivity index is 3.04. The number of esters is 1. The average molecular weight is 234 g/mol. The Labute approximate surface area is 104 Å². The second kappa shape index (κ2) is 5.35. The molecule has 2 nitrogen and oxygen atoms in total. The third kappa shape index (κ3) is 3.88. The van der Waals surface area contributed by atoms with Crippen molar-refractivity contribution in [3.05, 3.63) is 29.3 Å². The summed E-state index contributed by atoms with van der Waals surface area (Å²) in [4.78, 5) is 11.6. The largest absolute Gasteiger partial charge is 0.426 e. The minimum atomic E-state index is -0.149. The Morgan fingerprint density at radius 2 is 1.94 bits per heavy atom. The molecule has 17 heavy (non-hydrogen) atoms. The van der Waals surface area contributed by atoms with Crippen molar-refractivity contribution in [2.45, 2.75) is 52.9 Å². The lowest BCUT2D eigenvalue weighted by Gasteiger charge is -2.22. The monoisotopic (exact) mass is 234 g/mol. The Hall–Kier alpha value is -1.31. The lowest BCUT2D eigenvalue weighted by molar-refractivity contribution is -0.134. The van der Waals surface area contributed by atoms with Gasteiger partial charge in [0.05, 0.1) is 0 Å². The molecule has 1 rings (SSSR count). The molecule has 0 radical (unpaired) electrons. The fraction of sp³-hybridized carbons (Fsp3) is 0.533. The molecule has 0 spiro atoms. The summed E-state index contributed by atoms with van der Waals surface area (Å²) in [5, 5.41) is 0. The van der Waals surface area contributed by atoms with Gasteiger partial charge in [-0.05, 0) is 30.4 Å². The van der Waals surface area contributed by atoms with E-state index in [1.54, 1.807) is 0 Å². The van der Waals surface area contributed by atoms with Crippen molar-refractivity contribution in [1.82, 2.24) is 0 Å². The zero-order chi connectivity index (χ0) is 13.1. The van der Waals surface area contributed by atoms with E-state index in [-0.39, 0.29) is 11.4 Å². The van der Waals surface area contributed by atoms with Gasteiger partial charge in [0.25, 0.3) is 0 Å². The first kappa shape index (κ1) is 13.8. The summed E-state index contributed by atoms with van der Waals surface area (Å²) in [6.45, 7) is 10.3. The molecule has 1 aromatic rings. The van der Waals surface area contributed by atoms with Crippen molar-refractivity contribution in [2.24, 2.45) is 0 Å². The lowest BCUT2D eigenvalue weighted by Crippen LogP contribution is -2.16. The highest BCUT2D eigenvalue weighted by Crippen LogP contribution is 2.32. The van der Waals surface area contributed by atoms with Crippen molar-refractivity contribution >= 4 is 5.97 Å². The van der Waals surface area contributed by atoms with Crippen LogP contribution in [0.25, 0.3) is 0 Å². The summed E-state index contributed by atoms with van der Waals surface area (Å²) in [7, 11) is 0. The smallest absolute Gasteiger partial charge is 0.311 e. The Morgan fingerprint density at radius 1 is 1.29 bits per heavy atom. The van der Waals surface area contributed by atoms with E-state index in [0.717, 1.165) is 17.5 Å². The Bertz CT molecular complexity index is 400. The van der Waals surface area contributed by atoms with Crippen LogP contribution in [0.4, 0.5) is 0 Å². The molecule has 0 aliphatic carbocycles. The second-order valence-corrected chi connectivity index (χ2v) is 5.47. The molecule has 0 unspecified atom stereocenters. The van der Waals surface area contributed by atoms with E-state index in [1.807, 2.05) is 26.0 Å². The molecule has 0 fully saturated rings. The van der Waals surface area contributed by atoms with Crippen molar-refractivity contribution in [3.63, 3.8) is 0 Å². The number of aryl methyl sites for hydroxylation is 1. The Kier molecular flexibility index (Phi) is 4.33. The first-order valence-corrected chi connectivity index (χ1v) is 6.16. The summed E-state index contributed by atoms with van der Waals surface area (Å²) in [5.41, 5.74) is 2.17. The molecule has 1 aromatic carbocycles. The number of hydrogen-bond donors (Lipinski definition) is 0. The molecule has 0 heterocycles. The van der Waals surface area contributed by atoms with Gasteiger partial charge >= 0.3 is 5.97 Å². The number of carbonyl (C=O) groups is 1. The van der Waals surface area contributed by atoms with E-state index in [1.165, 1.54) is 0 Å². The van der Waals surface area contributed by atoms with E-state index >= 15 is 0 Å². The van der Waals surface area contributed by atoms with Gasteiger partial charge in [-0.25, -0.2) is 0 Å². The zero-order valence-corrected chi connectivity index (χ0v) is 11.5. The number of carbonyl (C=O) groups excluding carboxylic acids is 1. The molecule has 0 aliphatic rings. The van der Waals surface area contributed by atoms with Crippen LogP contribution in [-0.2, 0) is 10.2 Å². The van der Waals surface area contributed by atoms with Crippen LogP contribution in [0.5, 0.6) is 5.75 Å². The van der Waals surface area contributed by atoms with Crippen molar-refractivity contribution in [1.29, 1.82) is 0 Å². The number of hydrogen-bond acceptors (Lipinski definition) is 2. The van der Waals surface area contributed by atoms with Gasteiger partial charge in [0.2, 0.25) is 0 Å². The van der Waals surface area contributed by atoms with Gasteiger partial charge in [0, 0.05) is 12.0 Å². The van der Waals surface area contributed by atoms with Crippen LogP contribution < -0.4 is 4.74 Å². The quantitative estimate of drug-likeness (QED) is 0.583. The highest BCUT2D eigenvalue weighted by molar-refractivity contribution is 5.73. The van der Waals surface area contributed by atoms with Crippen molar-refractivity contribution < 1.29 is 9.53 Å². The predicted molar refractivity (Wildman–Crippen MR) is 70.4 cm³/mol. The average Bonchev–Trinajstić information content (AvgIpc) is 2.15. The molecule has 94 valence electrons. The van der Waals surface area contributed by atoms with E-state index in [9.17, 15) is 4.79 Å². The molecule has 2 heteroatoms. The van der Waals surface area contributed by atoms with Crippen LogP contribution in [0, 0.1) is 6.92 Å². The van der Waals surface area contributed by atoms with Crippen LogP contribution in [0.15, 0.2) is 18.2 Å². The molecule has 0 aromatic heterocycles. The SMILES string of the molecule is CCCC(=O)Oc1cc(C)ccc1C(C)(C)C. The number of ether oxygens (including phenoxy) is 1. The number of rotatable bonds is 3. The van der Waals surface area contributed by atoms with Gasteiger partial charge in [-0.15, -0.1) is 0 Å². The summed E-state index contributed by atoms with van der Waals surface area (Å²) in [5.74, 6) is 0.555. The van der Waals surface area contributed by atoms with Crippen LogP contribution in [0.1, 0.15) is 51.7 Å². The van der Waals surface area contributed by atoms with Gasteiger partial charge < -0.3 is 4.74 Å². The van der Waals surface area contributed by atoms with Crippen LogP contribution in [-0.4, -0.2) is 5.97 Å². The summed E-state index contributed by atoms with van der Waals surface area (Å²) in [6, 6.07) is 6.04. The molecule has 0 bridgehead atoms. The lowest BCUT2D eigenvalue weighted by atomic mass is 9.86. The number of benzene rings is 1. The maximum atomic E-state index is 11.6. The van der Waals surface area contributed by atoms with E-state index in [4.69, 9.17) is 4.74 Å². The second-order valence-electron chi connectivity index (χ2n) is 5.47. The van der Waals surface area contributed by atoms with E-state index in [2.05, 4.69) is 26.8 Å². The summed E-state index contributed by atoms with van der Waals surface area (Å²) >= 11 is 0. The maximum Gasteiger partial charge on any atom is 0.311 e. The third-order valence-electron chi connectivity index (χ3n) is 2.62. The van der Waals surface area contributed by atoms with Gasteiger partial charge in [-0.3, -0.25) is 4.79 Å². The molecule has 0 amide bonds. The van der Waals surface area contributed by atoms with E-state index < -0.39 is 0 Å². The topological polar surface area (TPSA) is 26.3 Å². The van der Waals surface area contributed by atoms with Crippen molar-refractivity contribution in [2.75, 3.05) is 0 Å². The first-order chi connectivity index (χ1) is 7.84. The van der Waals surface area contributed by atoms with Gasteiger partial charge in [-0.1, -0.05) is 39.8 Å². The summed E-state index contributed by atoms with van der Waals surface area (Å²) < 4.78 is 5.45. The van der Waals surface area contributed by atoms with Crippen LogP contribution in [0.2, 0.25) is 0 Å². The Morgan fingerprint density at radius 3 is 2.47 bits per heavy atom. The minimum Gasteiger partial charge on any atom is -0.426 e. The van der Waals surface area contributed by atoms with Gasteiger partial charge in [0.1, 0.15) is 5.75 Å². The summed E-state index contributed by atoms with van der Waals surface area (Å²) in [6.07, 6.45) is 1.28. The predicted octanol–water partition coefficient (Wildman–Crippen LogP) is 4.00. The zero-order valence-electron chi connectivity index (χ0n) is 11.5. The van der Waals surface area contributed by atoms with Crippen molar-refractivity contribution in [3.8, 4) is 5.75 Å². The van der Waals surface area contributed by atoms with Gasteiger partial charge in [0.15, 0.2) is 0 Å². The molecule has 0 saturated heterocycles. The molecule has 0 saturated carbocycles. The highest BCUT2D eigenvalue weighted by atomic mass is 16.5. The van der Waals surface area contributed by atoms with Crippen LogP contribution >= 0.6 is 0 Å². The molecular formula is C15H22O2. The normalized spacial score (nSPS) is 11.4. The maximum absolute atomic E-state index is 11.6. The fourth-order valence-electron chi connectivity index (χ4n) is 1.71. The fourth-order valence-corrected chi connectivity index (χ4v) is 1.71. The minimum absolute atomic E-state index is 0.0183. The van der Waals surface area contributed by atoms with Crippen LogP contribution in [0.3, 0.4) is 0 Å². The van der Waals surface area contributed by atoms with E-state index in [0.29, 0.717) is 12.2 Å². The third-order valence-corrected chi connectivity index (χ3v) is 2.62. The highest BCUT2D eigenvalue weighted by Gasteiger charge is 2.20. The molecular weight excluding hydrogens is 212 g/mol. The first-order valence-electron chi connectivity index (χ1n) is 6.16. The molecule has 0 aliphatic heterocycles. The standard InChI is InChI=1S/C15H22O2/c1-6-7-14(16)17-13-10-11(2)8-9-12(13)15(3,4)5/h8-10H,6-7H2,1-5H3. The van der Waals surface area contributed by atoms with Gasteiger partial charge in [-0.2, -0.15) is 0 Å². The molecule has 0 N–H and O–H groups in total.